The monoisotopic (exact) mass is 320 g/mol. The van der Waals surface area contributed by atoms with E-state index >= 15 is 0 Å². The van der Waals surface area contributed by atoms with Gasteiger partial charge in [0.15, 0.2) is 5.60 Å². The fourth-order valence-electron chi connectivity index (χ4n) is 3.29. The number of piperidine rings is 1. The molecule has 1 amide bonds. The molecule has 1 aliphatic heterocycles. The number of primary amides is 1. The normalized spacial score (nSPS) is 22.6. The maximum absolute atomic E-state index is 13.4. The largest absolute Gasteiger partial charge is 0.379 e. The molecule has 1 aromatic carbocycles. The summed E-state index contributed by atoms with van der Waals surface area (Å²) in [5.41, 5.74) is 5.33. The Bertz CT molecular complexity index is 745. The molecule has 1 atom stereocenters. The minimum absolute atomic E-state index is 0.198. The van der Waals surface area contributed by atoms with Crippen molar-refractivity contribution in [1.29, 1.82) is 0 Å². The van der Waals surface area contributed by atoms with Crippen molar-refractivity contribution < 1.29 is 14.3 Å². The average Bonchev–Trinajstić information content (AvgIpc) is 2.83. The summed E-state index contributed by atoms with van der Waals surface area (Å²) in [4.78, 5) is 17.9. The van der Waals surface area contributed by atoms with E-state index in [1.54, 1.807) is 6.07 Å². The van der Waals surface area contributed by atoms with Crippen LogP contribution in [0.1, 0.15) is 25.6 Å². The Labute approximate surface area is 133 Å². The number of imidazole rings is 1. The summed E-state index contributed by atoms with van der Waals surface area (Å²) in [6, 6.07) is 4.56. The van der Waals surface area contributed by atoms with Crippen molar-refractivity contribution in [2.75, 3.05) is 13.1 Å². The molecule has 0 bridgehead atoms. The zero-order chi connectivity index (χ0) is 16.6. The molecule has 3 rings (SSSR count). The number of β-amino-alcohol motifs (C(OH)–C–C–N with tert-alkyl or cyclic N) is 1. The predicted molar refractivity (Wildman–Crippen MR) is 84.0 cm³/mol. The molecule has 2 aromatic rings. The van der Waals surface area contributed by atoms with Crippen molar-refractivity contribution in [3.8, 4) is 0 Å². The van der Waals surface area contributed by atoms with E-state index in [1.165, 1.54) is 12.1 Å². The number of halogens is 1. The standard InChI is InChI=1S/C16H21FN4O2/c1-2-21-13-5-4-11(17)8-12(13)19-14(21)9-20-7-3-6-16(23,10-20)15(18)22/h4-5,8,23H,2-3,6-7,9-10H2,1H3,(H2,18,22)/t16-/m0/s1. The SMILES string of the molecule is CCn1c(CN2CCC[C@@](O)(C(N)=O)C2)nc2cc(F)ccc21. The lowest BCUT2D eigenvalue weighted by atomic mass is 9.92. The molecule has 0 unspecified atom stereocenters. The van der Waals surface area contributed by atoms with Gasteiger partial charge in [0, 0.05) is 19.2 Å². The van der Waals surface area contributed by atoms with Crippen molar-refractivity contribution in [3.63, 3.8) is 0 Å². The number of likely N-dealkylation sites (tertiary alicyclic amines) is 1. The summed E-state index contributed by atoms with van der Waals surface area (Å²) in [6.45, 7) is 4.16. The van der Waals surface area contributed by atoms with Gasteiger partial charge in [-0.05, 0) is 38.4 Å². The summed E-state index contributed by atoms with van der Waals surface area (Å²) >= 11 is 0. The first-order valence-corrected chi connectivity index (χ1v) is 7.82. The third kappa shape index (κ3) is 2.94. The van der Waals surface area contributed by atoms with Crippen LogP contribution in [0, 0.1) is 5.82 Å². The van der Waals surface area contributed by atoms with Gasteiger partial charge in [-0.1, -0.05) is 0 Å². The molecular formula is C16H21FN4O2. The van der Waals surface area contributed by atoms with Crippen molar-refractivity contribution in [2.45, 2.75) is 38.5 Å². The van der Waals surface area contributed by atoms with Crippen LogP contribution in [-0.2, 0) is 17.9 Å². The number of benzene rings is 1. The van der Waals surface area contributed by atoms with Gasteiger partial charge in [0.25, 0.3) is 5.91 Å². The second-order valence-electron chi connectivity index (χ2n) is 6.12. The number of aryl methyl sites for hydroxylation is 1. The fraction of sp³-hybridized carbons (Fsp3) is 0.500. The van der Waals surface area contributed by atoms with Crippen molar-refractivity contribution in [2.24, 2.45) is 5.73 Å². The number of hydrogen-bond donors (Lipinski definition) is 2. The summed E-state index contributed by atoms with van der Waals surface area (Å²) in [5, 5.41) is 10.3. The second-order valence-corrected chi connectivity index (χ2v) is 6.12. The Balaban J connectivity index is 1.87. The highest BCUT2D eigenvalue weighted by Crippen LogP contribution is 2.24. The molecule has 1 fully saturated rings. The molecule has 2 heterocycles. The van der Waals surface area contributed by atoms with E-state index in [4.69, 9.17) is 5.73 Å². The predicted octanol–water partition coefficient (Wildman–Crippen LogP) is 1.01. The number of carbonyl (C=O) groups is 1. The molecule has 0 aliphatic carbocycles. The third-order valence-corrected chi connectivity index (χ3v) is 4.48. The van der Waals surface area contributed by atoms with Gasteiger partial charge in [0.1, 0.15) is 11.6 Å². The lowest BCUT2D eigenvalue weighted by molar-refractivity contribution is -0.142. The maximum atomic E-state index is 13.4. The van der Waals surface area contributed by atoms with E-state index in [0.717, 1.165) is 17.9 Å². The first-order valence-electron chi connectivity index (χ1n) is 7.82. The van der Waals surface area contributed by atoms with Crippen LogP contribution in [-0.4, -0.2) is 44.2 Å². The van der Waals surface area contributed by atoms with Gasteiger partial charge in [-0.3, -0.25) is 9.69 Å². The maximum Gasteiger partial charge on any atom is 0.250 e. The number of rotatable bonds is 4. The van der Waals surface area contributed by atoms with Crippen molar-refractivity contribution >= 4 is 16.9 Å². The van der Waals surface area contributed by atoms with E-state index in [2.05, 4.69) is 4.98 Å². The van der Waals surface area contributed by atoms with Crippen LogP contribution in [0.15, 0.2) is 18.2 Å². The quantitative estimate of drug-likeness (QED) is 0.880. The Morgan fingerprint density at radius 3 is 3.00 bits per heavy atom. The number of nitrogens with two attached hydrogens (primary N) is 1. The molecular weight excluding hydrogens is 299 g/mol. The highest BCUT2D eigenvalue weighted by atomic mass is 19.1. The first kappa shape index (κ1) is 15.9. The Morgan fingerprint density at radius 1 is 1.52 bits per heavy atom. The lowest BCUT2D eigenvalue weighted by Crippen LogP contribution is -2.55. The Morgan fingerprint density at radius 2 is 2.30 bits per heavy atom. The Hall–Kier alpha value is -1.99. The molecule has 1 aromatic heterocycles. The van der Waals surface area contributed by atoms with Gasteiger partial charge in [0.05, 0.1) is 17.6 Å². The van der Waals surface area contributed by atoms with Crippen LogP contribution in [0.2, 0.25) is 0 Å². The molecule has 1 aliphatic rings. The average molecular weight is 320 g/mol. The number of nitrogens with zero attached hydrogens (tertiary/aromatic N) is 3. The van der Waals surface area contributed by atoms with Crippen molar-refractivity contribution in [1.82, 2.24) is 14.5 Å². The van der Waals surface area contributed by atoms with Gasteiger partial charge < -0.3 is 15.4 Å². The van der Waals surface area contributed by atoms with Gasteiger partial charge in [-0.25, -0.2) is 9.37 Å². The van der Waals surface area contributed by atoms with Crippen LogP contribution in [0.25, 0.3) is 11.0 Å². The highest BCUT2D eigenvalue weighted by molar-refractivity contribution is 5.83. The zero-order valence-electron chi connectivity index (χ0n) is 13.1. The first-order chi connectivity index (χ1) is 10.9. The fourth-order valence-corrected chi connectivity index (χ4v) is 3.29. The van der Waals surface area contributed by atoms with Crippen LogP contribution < -0.4 is 5.73 Å². The number of hydrogen-bond acceptors (Lipinski definition) is 4. The number of amides is 1. The van der Waals surface area contributed by atoms with Gasteiger partial charge in [0.2, 0.25) is 0 Å². The number of aliphatic hydroxyl groups is 1. The Kier molecular flexibility index (Phi) is 4.08. The van der Waals surface area contributed by atoms with E-state index < -0.39 is 11.5 Å². The zero-order valence-corrected chi connectivity index (χ0v) is 13.1. The van der Waals surface area contributed by atoms with Crippen LogP contribution in [0.4, 0.5) is 4.39 Å². The molecule has 124 valence electrons. The topological polar surface area (TPSA) is 84.4 Å². The minimum Gasteiger partial charge on any atom is -0.379 e. The number of aromatic nitrogens is 2. The van der Waals surface area contributed by atoms with Gasteiger partial charge in [-0.15, -0.1) is 0 Å². The summed E-state index contributed by atoms with van der Waals surface area (Å²) in [7, 11) is 0. The van der Waals surface area contributed by atoms with Gasteiger partial charge >= 0.3 is 0 Å². The summed E-state index contributed by atoms with van der Waals surface area (Å²) in [6.07, 6.45) is 1.08. The van der Waals surface area contributed by atoms with Gasteiger partial charge in [-0.2, -0.15) is 0 Å². The molecule has 7 heteroatoms. The van der Waals surface area contributed by atoms with E-state index in [0.29, 0.717) is 31.4 Å². The summed E-state index contributed by atoms with van der Waals surface area (Å²) < 4.78 is 15.4. The van der Waals surface area contributed by atoms with Crippen LogP contribution in [0.5, 0.6) is 0 Å². The summed E-state index contributed by atoms with van der Waals surface area (Å²) in [5.74, 6) is -0.207. The van der Waals surface area contributed by atoms with E-state index in [1.807, 2.05) is 16.4 Å². The van der Waals surface area contributed by atoms with Crippen LogP contribution >= 0.6 is 0 Å². The number of carbonyl (C=O) groups excluding carboxylic acids is 1. The molecule has 1 saturated heterocycles. The van der Waals surface area contributed by atoms with E-state index in [-0.39, 0.29) is 12.4 Å². The lowest BCUT2D eigenvalue weighted by Gasteiger charge is -2.36. The smallest absolute Gasteiger partial charge is 0.250 e. The van der Waals surface area contributed by atoms with E-state index in [9.17, 15) is 14.3 Å². The van der Waals surface area contributed by atoms with Crippen molar-refractivity contribution in [3.05, 3.63) is 29.8 Å². The molecule has 3 N–H and O–H groups in total. The van der Waals surface area contributed by atoms with Crippen LogP contribution in [0.3, 0.4) is 0 Å². The second kappa shape index (κ2) is 5.90. The highest BCUT2D eigenvalue weighted by Gasteiger charge is 2.38. The molecule has 0 radical (unpaired) electrons. The number of fused-ring (bicyclic) bond motifs is 1. The third-order valence-electron chi connectivity index (χ3n) is 4.48. The molecule has 0 spiro atoms. The molecule has 0 saturated carbocycles. The molecule has 23 heavy (non-hydrogen) atoms. The molecule has 6 nitrogen and oxygen atoms in total. The minimum atomic E-state index is -1.48.